The summed E-state index contributed by atoms with van der Waals surface area (Å²) < 4.78 is 52.9. The van der Waals surface area contributed by atoms with Gasteiger partial charge < -0.3 is 5.11 Å². The molecule has 2 N–H and O–H groups in total. The third-order valence-electron chi connectivity index (χ3n) is 2.91. The summed E-state index contributed by atoms with van der Waals surface area (Å²) in [6.45, 7) is 5.23. The number of hydrogen-bond acceptors (Lipinski definition) is 3. The van der Waals surface area contributed by atoms with Gasteiger partial charge in [-0.05, 0) is 24.0 Å². The van der Waals surface area contributed by atoms with Crippen molar-refractivity contribution < 1.29 is 22.3 Å². The van der Waals surface area contributed by atoms with Gasteiger partial charge in [0.05, 0.1) is 4.90 Å². The first-order chi connectivity index (χ1) is 9.06. The molecule has 1 unspecified atom stereocenters. The first-order valence-electron chi connectivity index (χ1n) is 6.15. The monoisotopic (exact) mass is 307 g/mol. The Kier molecular flexibility index (Phi) is 5.23. The Balaban J connectivity index is 3.09. The molecule has 1 rings (SSSR count). The SMILES string of the molecule is CC(C)(C)C(CCO)NS(=O)(=O)c1cc(F)cc(F)c1. The normalized spacial score (nSPS) is 14.3. The number of aliphatic hydroxyl groups excluding tert-OH is 1. The first kappa shape index (κ1) is 17.0. The van der Waals surface area contributed by atoms with E-state index in [0.717, 1.165) is 12.1 Å². The summed E-state index contributed by atoms with van der Waals surface area (Å²) in [6, 6.07) is 1.56. The third kappa shape index (κ3) is 4.50. The molecule has 0 fully saturated rings. The molecule has 4 nitrogen and oxygen atoms in total. The Morgan fingerprint density at radius 3 is 2.10 bits per heavy atom. The van der Waals surface area contributed by atoms with Crippen molar-refractivity contribution in [2.75, 3.05) is 6.61 Å². The summed E-state index contributed by atoms with van der Waals surface area (Å²) in [6.07, 6.45) is 0.209. The molecule has 7 heteroatoms. The van der Waals surface area contributed by atoms with Gasteiger partial charge in [-0.15, -0.1) is 0 Å². The number of benzene rings is 1. The van der Waals surface area contributed by atoms with Crippen LogP contribution in [0.4, 0.5) is 8.78 Å². The number of nitrogens with one attached hydrogen (secondary N) is 1. The topological polar surface area (TPSA) is 66.4 Å². The highest BCUT2D eigenvalue weighted by Crippen LogP contribution is 2.24. The third-order valence-corrected chi connectivity index (χ3v) is 4.36. The van der Waals surface area contributed by atoms with Gasteiger partial charge in [0.1, 0.15) is 11.6 Å². The molecule has 1 aromatic carbocycles. The number of hydrogen-bond donors (Lipinski definition) is 2. The highest BCUT2D eigenvalue weighted by molar-refractivity contribution is 7.89. The molecular formula is C13H19F2NO3S. The van der Waals surface area contributed by atoms with Crippen LogP contribution >= 0.6 is 0 Å². The van der Waals surface area contributed by atoms with Gasteiger partial charge in [-0.1, -0.05) is 20.8 Å². The molecule has 0 amide bonds. The molecule has 1 atom stereocenters. The van der Waals surface area contributed by atoms with Crippen LogP contribution in [0.3, 0.4) is 0 Å². The fraction of sp³-hybridized carbons (Fsp3) is 0.538. The molecule has 114 valence electrons. The van der Waals surface area contributed by atoms with Gasteiger partial charge in [0.2, 0.25) is 10.0 Å². The summed E-state index contributed by atoms with van der Waals surface area (Å²) in [5.41, 5.74) is -0.443. The first-order valence-corrected chi connectivity index (χ1v) is 7.64. The highest BCUT2D eigenvalue weighted by atomic mass is 32.2. The van der Waals surface area contributed by atoms with Crippen LogP contribution in [0.1, 0.15) is 27.2 Å². The van der Waals surface area contributed by atoms with Crippen molar-refractivity contribution in [1.82, 2.24) is 4.72 Å². The maximum absolute atomic E-state index is 13.1. The number of halogens is 2. The van der Waals surface area contributed by atoms with Gasteiger partial charge in [-0.2, -0.15) is 0 Å². The average molecular weight is 307 g/mol. The Morgan fingerprint density at radius 1 is 1.20 bits per heavy atom. The largest absolute Gasteiger partial charge is 0.396 e. The zero-order chi connectivity index (χ0) is 15.6. The fourth-order valence-corrected chi connectivity index (χ4v) is 3.25. The second-order valence-corrected chi connectivity index (χ2v) is 7.37. The van der Waals surface area contributed by atoms with Gasteiger partial charge in [0, 0.05) is 18.7 Å². The van der Waals surface area contributed by atoms with Crippen molar-refractivity contribution in [1.29, 1.82) is 0 Å². The van der Waals surface area contributed by atoms with Crippen molar-refractivity contribution in [3.8, 4) is 0 Å². The van der Waals surface area contributed by atoms with E-state index in [-0.39, 0.29) is 13.0 Å². The lowest BCUT2D eigenvalue weighted by atomic mass is 9.86. The van der Waals surface area contributed by atoms with Gasteiger partial charge in [0.15, 0.2) is 0 Å². The average Bonchev–Trinajstić information content (AvgIpc) is 2.25. The molecule has 0 saturated heterocycles. The van der Waals surface area contributed by atoms with Crippen LogP contribution in [-0.2, 0) is 10.0 Å². The minimum Gasteiger partial charge on any atom is -0.396 e. The van der Waals surface area contributed by atoms with Crippen LogP contribution in [0, 0.1) is 17.0 Å². The molecule has 0 aliphatic heterocycles. The molecular weight excluding hydrogens is 288 g/mol. The maximum atomic E-state index is 13.1. The minimum absolute atomic E-state index is 0.192. The van der Waals surface area contributed by atoms with Gasteiger partial charge in [-0.3, -0.25) is 0 Å². The predicted molar refractivity (Wildman–Crippen MR) is 71.6 cm³/mol. The highest BCUT2D eigenvalue weighted by Gasteiger charge is 2.29. The molecule has 0 aliphatic rings. The van der Waals surface area contributed by atoms with E-state index >= 15 is 0 Å². The summed E-state index contributed by atoms with van der Waals surface area (Å²) in [5, 5.41) is 9.00. The Labute approximate surface area is 117 Å². The van der Waals surface area contributed by atoms with E-state index in [1.54, 1.807) is 0 Å². The molecule has 0 radical (unpaired) electrons. The summed E-state index contributed by atoms with van der Waals surface area (Å²) in [5.74, 6) is -1.92. The van der Waals surface area contributed by atoms with Crippen molar-refractivity contribution in [2.45, 2.75) is 38.1 Å². The van der Waals surface area contributed by atoms with Crippen molar-refractivity contribution in [3.05, 3.63) is 29.8 Å². The Morgan fingerprint density at radius 2 is 1.70 bits per heavy atom. The minimum atomic E-state index is -4.05. The van der Waals surface area contributed by atoms with Gasteiger partial charge >= 0.3 is 0 Å². The van der Waals surface area contributed by atoms with Crippen LogP contribution in [0.15, 0.2) is 23.1 Å². The van der Waals surface area contributed by atoms with Crippen LogP contribution in [0.25, 0.3) is 0 Å². The van der Waals surface area contributed by atoms with E-state index in [2.05, 4.69) is 4.72 Å². The zero-order valence-corrected chi connectivity index (χ0v) is 12.5. The number of rotatable bonds is 5. The van der Waals surface area contributed by atoms with E-state index in [1.807, 2.05) is 20.8 Å². The standard InChI is InChI=1S/C13H19F2NO3S/c1-13(2,3)12(4-5-17)16-20(18,19)11-7-9(14)6-10(15)8-11/h6-8,12,16-17H,4-5H2,1-3H3. The van der Waals surface area contributed by atoms with E-state index in [0.29, 0.717) is 6.07 Å². The van der Waals surface area contributed by atoms with E-state index < -0.39 is 38.0 Å². The fourth-order valence-electron chi connectivity index (χ4n) is 1.74. The van der Waals surface area contributed by atoms with Crippen LogP contribution < -0.4 is 4.72 Å². The van der Waals surface area contributed by atoms with Gasteiger partial charge in [-0.25, -0.2) is 21.9 Å². The predicted octanol–water partition coefficient (Wildman–Crippen LogP) is 2.04. The number of aliphatic hydroxyl groups is 1. The van der Waals surface area contributed by atoms with Crippen molar-refractivity contribution in [3.63, 3.8) is 0 Å². The van der Waals surface area contributed by atoms with Crippen molar-refractivity contribution in [2.24, 2.45) is 5.41 Å². The molecule has 0 aliphatic carbocycles. The molecule has 20 heavy (non-hydrogen) atoms. The van der Waals surface area contributed by atoms with Crippen molar-refractivity contribution >= 4 is 10.0 Å². The smallest absolute Gasteiger partial charge is 0.241 e. The molecule has 0 saturated carbocycles. The van der Waals surface area contributed by atoms with Crippen LogP contribution in [-0.4, -0.2) is 26.2 Å². The molecule has 0 aromatic heterocycles. The summed E-state index contributed by atoms with van der Waals surface area (Å²) in [7, 11) is -4.05. The Hall–Kier alpha value is -1.05. The molecule has 1 aromatic rings. The van der Waals surface area contributed by atoms with E-state index in [4.69, 9.17) is 5.11 Å². The lowest BCUT2D eigenvalue weighted by Gasteiger charge is -2.30. The van der Waals surface area contributed by atoms with E-state index in [9.17, 15) is 17.2 Å². The number of sulfonamides is 1. The quantitative estimate of drug-likeness (QED) is 0.875. The second-order valence-electron chi connectivity index (χ2n) is 5.66. The van der Waals surface area contributed by atoms with Crippen LogP contribution in [0.2, 0.25) is 0 Å². The van der Waals surface area contributed by atoms with Gasteiger partial charge in [0.25, 0.3) is 0 Å². The maximum Gasteiger partial charge on any atom is 0.241 e. The summed E-state index contributed by atoms with van der Waals surface area (Å²) in [4.78, 5) is -0.470. The lowest BCUT2D eigenvalue weighted by molar-refractivity contribution is 0.214. The van der Waals surface area contributed by atoms with Crippen LogP contribution in [0.5, 0.6) is 0 Å². The molecule has 0 heterocycles. The molecule has 0 bridgehead atoms. The summed E-state index contributed by atoms with van der Waals surface area (Å²) >= 11 is 0. The Bertz CT molecular complexity index is 547. The lowest BCUT2D eigenvalue weighted by Crippen LogP contribution is -2.44. The second kappa shape index (κ2) is 6.15. The molecule has 0 spiro atoms. The zero-order valence-electron chi connectivity index (χ0n) is 11.7. The van der Waals surface area contributed by atoms with E-state index in [1.165, 1.54) is 0 Å².